The van der Waals surface area contributed by atoms with Crippen molar-refractivity contribution in [2.75, 3.05) is 0 Å². The molecule has 0 amide bonds. The molecule has 1 atom stereocenters. The minimum Gasteiger partial charge on any atom is -0.457 e. The number of hydrogen-bond donors (Lipinski definition) is 0. The zero-order valence-corrected chi connectivity index (χ0v) is 11.5. The Morgan fingerprint density at radius 2 is 2.11 bits per heavy atom. The molecule has 18 heavy (non-hydrogen) atoms. The molecule has 0 spiro atoms. The lowest BCUT2D eigenvalue weighted by molar-refractivity contribution is -0.148. The van der Waals surface area contributed by atoms with Gasteiger partial charge in [0.2, 0.25) is 0 Å². The van der Waals surface area contributed by atoms with Crippen molar-refractivity contribution in [2.45, 2.75) is 52.1 Å². The maximum Gasteiger partial charge on any atom is 0.331 e. The van der Waals surface area contributed by atoms with Crippen LogP contribution in [0.3, 0.4) is 0 Å². The van der Waals surface area contributed by atoms with Crippen LogP contribution in [0.25, 0.3) is 0 Å². The Kier molecular flexibility index (Phi) is 4.88. The normalized spacial score (nSPS) is 20.4. The lowest BCUT2D eigenvalue weighted by Crippen LogP contribution is -2.22. The number of rotatable bonds is 4. The largest absolute Gasteiger partial charge is 0.457 e. The van der Waals surface area contributed by atoms with Crippen LogP contribution in [0.15, 0.2) is 24.3 Å². The van der Waals surface area contributed by atoms with Gasteiger partial charge in [-0.15, -0.1) is 0 Å². The molecule has 0 N–H and O–H groups in total. The molecule has 0 bridgehead atoms. The first-order valence-corrected chi connectivity index (χ1v) is 6.39. The molecule has 0 radical (unpaired) electrons. The van der Waals surface area contributed by atoms with Gasteiger partial charge >= 0.3 is 5.97 Å². The Morgan fingerprint density at radius 1 is 1.44 bits per heavy atom. The van der Waals surface area contributed by atoms with Gasteiger partial charge in [0.05, 0.1) is 0 Å². The highest BCUT2D eigenvalue weighted by Gasteiger charge is 2.24. The van der Waals surface area contributed by atoms with Gasteiger partial charge in [-0.2, -0.15) is 0 Å². The first-order valence-electron chi connectivity index (χ1n) is 6.39. The van der Waals surface area contributed by atoms with Gasteiger partial charge in [0.1, 0.15) is 11.4 Å². The Bertz CT molecular complexity index is 372. The third kappa shape index (κ3) is 5.30. The highest BCUT2D eigenvalue weighted by atomic mass is 16.6. The maximum absolute atomic E-state index is 11.5. The van der Waals surface area contributed by atoms with E-state index in [4.69, 9.17) is 4.74 Å². The van der Waals surface area contributed by atoms with Gasteiger partial charge in [-0.05, 0) is 40.0 Å². The lowest BCUT2D eigenvalue weighted by atomic mass is 9.98. The zero-order valence-electron chi connectivity index (χ0n) is 11.5. The van der Waals surface area contributed by atoms with Crippen LogP contribution in [-0.4, -0.2) is 17.4 Å². The fraction of sp³-hybridized carbons (Fsp3) is 0.600. The summed E-state index contributed by atoms with van der Waals surface area (Å²) in [6, 6.07) is 0. The van der Waals surface area contributed by atoms with Crippen LogP contribution >= 0.6 is 0 Å². The Labute approximate surface area is 109 Å². The van der Waals surface area contributed by atoms with Crippen LogP contribution in [0.4, 0.5) is 0 Å². The summed E-state index contributed by atoms with van der Waals surface area (Å²) in [5.74, 6) is 0.0454. The fourth-order valence-corrected chi connectivity index (χ4v) is 2.01. The molecule has 3 heteroatoms. The van der Waals surface area contributed by atoms with E-state index >= 15 is 0 Å². The minimum atomic E-state index is -0.482. The second-order valence-electron chi connectivity index (χ2n) is 5.78. The monoisotopic (exact) mass is 250 g/mol. The standard InChI is InChI=1S/C15H22O3/c1-11(10-12-6-5-7-13(12)16)8-9-14(17)18-15(2,3)4/h8-9,12H,1,5-7,10H2,2-4H3/b9-8+. The number of esters is 1. The molecule has 3 nitrogen and oxygen atoms in total. The molecule has 1 rings (SSSR count). The second kappa shape index (κ2) is 5.98. The molecular formula is C15H22O3. The molecule has 0 aromatic rings. The van der Waals surface area contributed by atoms with E-state index < -0.39 is 5.60 Å². The maximum atomic E-state index is 11.5. The number of hydrogen-bond acceptors (Lipinski definition) is 3. The Morgan fingerprint density at radius 3 is 2.61 bits per heavy atom. The van der Waals surface area contributed by atoms with E-state index in [0.29, 0.717) is 18.6 Å². The molecule has 100 valence electrons. The van der Waals surface area contributed by atoms with Gasteiger partial charge in [0, 0.05) is 18.4 Å². The van der Waals surface area contributed by atoms with E-state index in [-0.39, 0.29) is 11.9 Å². The molecule has 1 saturated carbocycles. The van der Waals surface area contributed by atoms with E-state index in [0.717, 1.165) is 18.4 Å². The van der Waals surface area contributed by atoms with Crippen molar-refractivity contribution in [1.29, 1.82) is 0 Å². The quantitative estimate of drug-likeness (QED) is 0.437. The van der Waals surface area contributed by atoms with Gasteiger partial charge in [-0.3, -0.25) is 4.79 Å². The van der Waals surface area contributed by atoms with Crippen LogP contribution < -0.4 is 0 Å². The third-order valence-electron chi connectivity index (χ3n) is 2.80. The Hall–Kier alpha value is -1.38. The highest BCUT2D eigenvalue weighted by molar-refractivity contribution is 5.84. The number of allylic oxidation sites excluding steroid dienone is 2. The van der Waals surface area contributed by atoms with Crippen molar-refractivity contribution in [2.24, 2.45) is 5.92 Å². The van der Waals surface area contributed by atoms with Gasteiger partial charge < -0.3 is 4.74 Å². The lowest BCUT2D eigenvalue weighted by Gasteiger charge is -2.18. The zero-order chi connectivity index (χ0) is 13.8. The molecule has 1 aliphatic carbocycles. The molecule has 0 saturated heterocycles. The first kappa shape index (κ1) is 14.7. The fourth-order valence-electron chi connectivity index (χ4n) is 2.01. The predicted molar refractivity (Wildman–Crippen MR) is 71.1 cm³/mol. The molecule has 0 aliphatic heterocycles. The third-order valence-corrected chi connectivity index (χ3v) is 2.80. The van der Waals surface area contributed by atoms with E-state index in [2.05, 4.69) is 6.58 Å². The predicted octanol–water partition coefficient (Wildman–Crippen LogP) is 3.20. The number of Topliss-reactive ketones (excluding diaryl/α,β-unsaturated/α-hetero) is 1. The van der Waals surface area contributed by atoms with Crippen molar-refractivity contribution in [3.05, 3.63) is 24.3 Å². The number of carbonyl (C=O) groups is 2. The summed E-state index contributed by atoms with van der Waals surface area (Å²) in [6.07, 6.45) is 6.29. The summed E-state index contributed by atoms with van der Waals surface area (Å²) in [5.41, 5.74) is 0.325. The topological polar surface area (TPSA) is 43.4 Å². The minimum absolute atomic E-state index is 0.0980. The molecule has 0 aromatic carbocycles. The van der Waals surface area contributed by atoms with Crippen LogP contribution in [0.2, 0.25) is 0 Å². The van der Waals surface area contributed by atoms with E-state index in [9.17, 15) is 9.59 Å². The summed E-state index contributed by atoms with van der Waals surface area (Å²) >= 11 is 0. The summed E-state index contributed by atoms with van der Waals surface area (Å²) < 4.78 is 5.15. The average Bonchev–Trinajstić information content (AvgIpc) is 2.59. The van der Waals surface area contributed by atoms with E-state index in [1.165, 1.54) is 6.08 Å². The summed E-state index contributed by atoms with van der Waals surface area (Å²) in [7, 11) is 0. The van der Waals surface area contributed by atoms with Gasteiger partial charge in [-0.1, -0.05) is 18.2 Å². The van der Waals surface area contributed by atoms with Gasteiger partial charge in [-0.25, -0.2) is 4.79 Å². The smallest absolute Gasteiger partial charge is 0.331 e. The van der Waals surface area contributed by atoms with E-state index in [1.54, 1.807) is 6.08 Å². The van der Waals surface area contributed by atoms with Crippen molar-refractivity contribution in [3.8, 4) is 0 Å². The van der Waals surface area contributed by atoms with Crippen molar-refractivity contribution < 1.29 is 14.3 Å². The molecule has 1 fully saturated rings. The summed E-state index contributed by atoms with van der Waals surface area (Å²) in [5, 5.41) is 0. The molecular weight excluding hydrogens is 228 g/mol. The molecule has 0 aromatic heterocycles. The van der Waals surface area contributed by atoms with Crippen LogP contribution in [-0.2, 0) is 14.3 Å². The van der Waals surface area contributed by atoms with Gasteiger partial charge in [0.25, 0.3) is 0 Å². The number of ether oxygens (including phenoxy) is 1. The molecule has 1 unspecified atom stereocenters. The van der Waals surface area contributed by atoms with E-state index in [1.807, 2.05) is 20.8 Å². The van der Waals surface area contributed by atoms with Crippen LogP contribution in [0.5, 0.6) is 0 Å². The summed E-state index contributed by atoms with van der Waals surface area (Å²) in [6.45, 7) is 9.35. The SMILES string of the molecule is C=C(/C=C/C(=O)OC(C)(C)C)CC1CCCC1=O. The van der Waals surface area contributed by atoms with Crippen molar-refractivity contribution >= 4 is 11.8 Å². The average molecular weight is 250 g/mol. The Balaban J connectivity index is 2.40. The van der Waals surface area contributed by atoms with Crippen LogP contribution in [0.1, 0.15) is 46.5 Å². The van der Waals surface area contributed by atoms with Crippen molar-refractivity contribution in [1.82, 2.24) is 0 Å². The number of carbonyl (C=O) groups excluding carboxylic acids is 2. The summed E-state index contributed by atoms with van der Waals surface area (Å²) in [4.78, 5) is 22.9. The van der Waals surface area contributed by atoms with Gasteiger partial charge in [0.15, 0.2) is 0 Å². The van der Waals surface area contributed by atoms with Crippen LogP contribution in [0, 0.1) is 5.92 Å². The second-order valence-corrected chi connectivity index (χ2v) is 5.78. The number of ketones is 1. The molecule has 0 heterocycles. The van der Waals surface area contributed by atoms with Crippen molar-refractivity contribution in [3.63, 3.8) is 0 Å². The first-order chi connectivity index (χ1) is 8.28. The molecule has 1 aliphatic rings. The highest BCUT2D eigenvalue weighted by Crippen LogP contribution is 2.27.